The molecule has 25 heavy (non-hydrogen) atoms. The average Bonchev–Trinajstić information content (AvgIpc) is 3.13. The summed E-state index contributed by atoms with van der Waals surface area (Å²) in [6.45, 7) is 9.02. The van der Waals surface area contributed by atoms with Crippen molar-refractivity contribution in [2.24, 2.45) is 0 Å². The highest BCUT2D eigenvalue weighted by Gasteiger charge is 2.12. The molecule has 2 aromatic rings. The van der Waals surface area contributed by atoms with Crippen LogP contribution in [0.1, 0.15) is 30.2 Å². The van der Waals surface area contributed by atoms with Gasteiger partial charge < -0.3 is 10.1 Å². The zero-order chi connectivity index (χ0) is 17.6. The first kappa shape index (κ1) is 17.6. The zero-order valence-electron chi connectivity index (χ0n) is 14.8. The lowest BCUT2D eigenvalue weighted by Gasteiger charge is -2.26. The van der Waals surface area contributed by atoms with Crippen molar-refractivity contribution in [3.8, 4) is 11.3 Å². The van der Waals surface area contributed by atoms with Crippen LogP contribution in [-0.4, -0.2) is 65.0 Å². The number of amides is 1. The van der Waals surface area contributed by atoms with Crippen LogP contribution in [0.5, 0.6) is 0 Å². The predicted octanol–water partition coefficient (Wildman–Crippen LogP) is 1.59. The number of morpholine rings is 1. The topological polar surface area (TPSA) is 72.3 Å². The van der Waals surface area contributed by atoms with Gasteiger partial charge in [-0.05, 0) is 26.0 Å². The van der Waals surface area contributed by atoms with E-state index in [0.717, 1.165) is 44.1 Å². The first-order chi connectivity index (χ1) is 12.1. The molecule has 1 aliphatic rings. The molecular formula is C18H25N5O2. The number of carbonyl (C=O) groups excluding carboxylic acids is 1. The van der Waals surface area contributed by atoms with E-state index in [1.807, 2.05) is 16.9 Å². The van der Waals surface area contributed by atoms with Gasteiger partial charge in [0.2, 0.25) is 0 Å². The molecule has 7 nitrogen and oxygen atoms in total. The minimum atomic E-state index is -0.0924. The van der Waals surface area contributed by atoms with Crippen molar-refractivity contribution in [2.75, 3.05) is 39.4 Å². The van der Waals surface area contributed by atoms with Crippen LogP contribution in [0, 0.1) is 0 Å². The summed E-state index contributed by atoms with van der Waals surface area (Å²) in [7, 11) is 0. The molecular weight excluding hydrogens is 318 g/mol. The van der Waals surface area contributed by atoms with Crippen molar-refractivity contribution in [1.82, 2.24) is 25.0 Å². The second kappa shape index (κ2) is 8.22. The number of carbonyl (C=O) groups is 1. The fraction of sp³-hybridized carbons (Fsp3) is 0.500. The molecule has 0 bridgehead atoms. The summed E-state index contributed by atoms with van der Waals surface area (Å²) in [5, 5.41) is 7.26. The zero-order valence-corrected chi connectivity index (χ0v) is 14.8. The molecule has 1 fully saturated rings. The molecule has 1 N–H and O–H groups in total. The number of hydrogen-bond donors (Lipinski definition) is 1. The van der Waals surface area contributed by atoms with Gasteiger partial charge in [0.05, 0.1) is 30.7 Å². The molecule has 0 aliphatic carbocycles. The van der Waals surface area contributed by atoms with Gasteiger partial charge in [0.1, 0.15) is 0 Å². The molecule has 1 amide bonds. The smallest absolute Gasteiger partial charge is 0.252 e. The maximum atomic E-state index is 12.2. The van der Waals surface area contributed by atoms with E-state index in [2.05, 4.69) is 34.1 Å². The molecule has 0 saturated carbocycles. The minimum Gasteiger partial charge on any atom is -0.379 e. The molecule has 1 saturated heterocycles. The van der Waals surface area contributed by atoms with Gasteiger partial charge in [0.25, 0.3) is 5.91 Å². The van der Waals surface area contributed by atoms with Gasteiger partial charge >= 0.3 is 0 Å². The maximum Gasteiger partial charge on any atom is 0.252 e. The lowest BCUT2D eigenvalue weighted by Crippen LogP contribution is -2.41. The van der Waals surface area contributed by atoms with Crippen LogP contribution in [-0.2, 0) is 4.74 Å². The highest BCUT2D eigenvalue weighted by molar-refractivity contribution is 5.94. The Kier molecular flexibility index (Phi) is 5.78. The Morgan fingerprint density at radius 2 is 2.08 bits per heavy atom. The minimum absolute atomic E-state index is 0.0924. The summed E-state index contributed by atoms with van der Waals surface area (Å²) in [6.07, 6.45) is 5.38. The van der Waals surface area contributed by atoms with Crippen LogP contribution in [0.4, 0.5) is 0 Å². The van der Waals surface area contributed by atoms with Crippen LogP contribution in [0.3, 0.4) is 0 Å². The van der Waals surface area contributed by atoms with Crippen molar-refractivity contribution < 1.29 is 9.53 Å². The lowest BCUT2D eigenvalue weighted by atomic mass is 10.2. The number of rotatable bonds is 6. The fourth-order valence-corrected chi connectivity index (χ4v) is 2.71. The van der Waals surface area contributed by atoms with E-state index in [9.17, 15) is 4.79 Å². The highest BCUT2D eigenvalue weighted by atomic mass is 16.5. The molecule has 0 radical (unpaired) electrons. The molecule has 7 heteroatoms. The Balaban J connectivity index is 1.53. The summed E-state index contributed by atoms with van der Waals surface area (Å²) in [6, 6.07) is 3.97. The third-order valence-electron chi connectivity index (χ3n) is 4.27. The van der Waals surface area contributed by atoms with Gasteiger partial charge in [-0.2, -0.15) is 5.10 Å². The van der Waals surface area contributed by atoms with Crippen LogP contribution in [0.2, 0.25) is 0 Å². The van der Waals surface area contributed by atoms with Crippen LogP contribution >= 0.6 is 0 Å². The molecule has 1 aliphatic heterocycles. The van der Waals surface area contributed by atoms with Crippen molar-refractivity contribution >= 4 is 5.91 Å². The van der Waals surface area contributed by atoms with Crippen LogP contribution in [0.15, 0.2) is 30.7 Å². The van der Waals surface area contributed by atoms with Crippen molar-refractivity contribution in [1.29, 1.82) is 0 Å². The van der Waals surface area contributed by atoms with Gasteiger partial charge in [-0.25, -0.2) is 0 Å². The number of aromatic nitrogens is 3. The van der Waals surface area contributed by atoms with E-state index >= 15 is 0 Å². The first-order valence-electron chi connectivity index (χ1n) is 8.72. The Morgan fingerprint density at radius 3 is 2.72 bits per heavy atom. The highest BCUT2D eigenvalue weighted by Crippen LogP contribution is 2.17. The average molecular weight is 343 g/mol. The van der Waals surface area contributed by atoms with Gasteiger partial charge in [-0.3, -0.25) is 19.4 Å². The van der Waals surface area contributed by atoms with Gasteiger partial charge in [-0.15, -0.1) is 0 Å². The van der Waals surface area contributed by atoms with Crippen LogP contribution < -0.4 is 5.32 Å². The molecule has 3 heterocycles. The maximum absolute atomic E-state index is 12.2. The summed E-state index contributed by atoms with van der Waals surface area (Å²) in [5.41, 5.74) is 2.34. The Bertz CT molecular complexity index is 690. The Morgan fingerprint density at radius 1 is 1.28 bits per heavy atom. The lowest BCUT2D eigenvalue weighted by molar-refractivity contribution is 0.0383. The van der Waals surface area contributed by atoms with E-state index in [0.29, 0.717) is 18.2 Å². The normalized spacial score (nSPS) is 15.5. The second-order valence-electron chi connectivity index (χ2n) is 6.44. The number of hydrogen-bond acceptors (Lipinski definition) is 5. The third kappa shape index (κ3) is 4.64. The standard InChI is InChI=1S/C18H25N5O2/c1-14(2)23-13-16(12-21-23)17-4-3-15(11-20-17)18(24)19-5-6-22-7-9-25-10-8-22/h3-4,11-14H,5-10H2,1-2H3,(H,19,24). The van der Waals surface area contributed by atoms with Gasteiger partial charge in [0, 0.05) is 50.2 Å². The number of nitrogens with one attached hydrogen (secondary N) is 1. The molecule has 0 spiro atoms. The molecule has 0 unspecified atom stereocenters. The first-order valence-corrected chi connectivity index (χ1v) is 8.72. The van der Waals surface area contributed by atoms with E-state index in [4.69, 9.17) is 4.74 Å². The van der Waals surface area contributed by atoms with E-state index < -0.39 is 0 Å². The van der Waals surface area contributed by atoms with Crippen LogP contribution in [0.25, 0.3) is 11.3 Å². The molecule has 0 atom stereocenters. The second-order valence-corrected chi connectivity index (χ2v) is 6.44. The fourth-order valence-electron chi connectivity index (χ4n) is 2.71. The van der Waals surface area contributed by atoms with E-state index in [-0.39, 0.29) is 5.91 Å². The van der Waals surface area contributed by atoms with E-state index in [1.165, 1.54) is 0 Å². The molecule has 2 aromatic heterocycles. The SMILES string of the molecule is CC(C)n1cc(-c2ccc(C(=O)NCCN3CCOCC3)cn2)cn1. The molecule has 134 valence electrons. The van der Waals surface area contributed by atoms with Crippen molar-refractivity contribution in [3.63, 3.8) is 0 Å². The van der Waals surface area contributed by atoms with Gasteiger partial charge in [-0.1, -0.05) is 0 Å². The largest absolute Gasteiger partial charge is 0.379 e. The summed E-state index contributed by atoms with van der Waals surface area (Å²) >= 11 is 0. The Labute approximate surface area is 148 Å². The van der Waals surface area contributed by atoms with Gasteiger partial charge in [0.15, 0.2) is 0 Å². The molecule has 3 rings (SSSR count). The number of ether oxygens (including phenoxy) is 1. The summed E-state index contributed by atoms with van der Waals surface area (Å²) in [5.74, 6) is -0.0924. The quantitative estimate of drug-likeness (QED) is 0.862. The van der Waals surface area contributed by atoms with Crippen molar-refractivity contribution in [2.45, 2.75) is 19.9 Å². The summed E-state index contributed by atoms with van der Waals surface area (Å²) < 4.78 is 7.21. The monoisotopic (exact) mass is 343 g/mol. The summed E-state index contributed by atoms with van der Waals surface area (Å²) in [4.78, 5) is 18.9. The van der Waals surface area contributed by atoms with Crippen molar-refractivity contribution in [3.05, 3.63) is 36.3 Å². The number of nitrogens with zero attached hydrogens (tertiary/aromatic N) is 4. The molecule has 0 aromatic carbocycles. The predicted molar refractivity (Wildman–Crippen MR) is 95.4 cm³/mol. The third-order valence-corrected chi connectivity index (χ3v) is 4.27. The number of pyridine rings is 1. The Hall–Kier alpha value is -2.25. The van der Waals surface area contributed by atoms with E-state index in [1.54, 1.807) is 18.5 Å².